The highest BCUT2D eigenvalue weighted by Crippen LogP contribution is 2.34. The molecular weight excluding hydrogens is 511 g/mol. The summed E-state index contributed by atoms with van der Waals surface area (Å²) in [6.45, 7) is 3.10. The molecule has 3 heterocycles. The second-order valence-electron chi connectivity index (χ2n) is 9.01. The molecule has 1 amide bonds. The summed E-state index contributed by atoms with van der Waals surface area (Å²) in [5, 5.41) is 10.6. The van der Waals surface area contributed by atoms with Gasteiger partial charge in [-0.3, -0.25) is 20.1 Å². The van der Waals surface area contributed by atoms with Crippen LogP contribution in [0.25, 0.3) is 0 Å². The van der Waals surface area contributed by atoms with Gasteiger partial charge in [-0.05, 0) is 36.7 Å². The number of nitrogen functional groups attached to an aromatic ring is 2. The van der Waals surface area contributed by atoms with Gasteiger partial charge in [0, 0.05) is 56.4 Å². The number of rotatable bonds is 5. The van der Waals surface area contributed by atoms with Crippen molar-refractivity contribution in [3.63, 3.8) is 0 Å². The van der Waals surface area contributed by atoms with Crippen molar-refractivity contribution in [2.24, 2.45) is 0 Å². The van der Waals surface area contributed by atoms with Gasteiger partial charge < -0.3 is 21.7 Å². The standard InChI is InChI=1S/C26H26F3N9O/c1-37-6-8-38(9-7-37)14-17-3-4-19(11-20(17)26(27,28)29)36-25(39)18-10-16(12-33-13-18)2-5-21(30)22-23(31)34-15-35-24(22)32/h3-4,10-13,15,30H,6-9,14H2,1H3,(H,36,39)(H4,31,32,34,35). The van der Waals surface area contributed by atoms with Crippen LogP contribution in [0.3, 0.4) is 0 Å². The van der Waals surface area contributed by atoms with Crippen LogP contribution in [0.4, 0.5) is 30.5 Å². The van der Waals surface area contributed by atoms with Crippen LogP contribution in [0.1, 0.15) is 32.6 Å². The first-order valence-electron chi connectivity index (χ1n) is 11.9. The minimum absolute atomic E-state index is 0.000769. The number of likely N-dealkylation sites (N-methyl/N-ethyl adjacent to an activating group) is 1. The molecule has 1 saturated heterocycles. The zero-order chi connectivity index (χ0) is 28.2. The normalized spacial score (nSPS) is 14.4. The minimum Gasteiger partial charge on any atom is -0.383 e. The lowest BCUT2D eigenvalue weighted by Gasteiger charge is -2.33. The maximum atomic E-state index is 13.9. The number of nitrogens with zero attached hydrogens (tertiary/aromatic N) is 5. The van der Waals surface area contributed by atoms with E-state index in [9.17, 15) is 18.0 Å². The molecule has 39 heavy (non-hydrogen) atoms. The van der Waals surface area contributed by atoms with Gasteiger partial charge in [-0.25, -0.2) is 9.97 Å². The van der Waals surface area contributed by atoms with Crippen molar-refractivity contribution in [3.05, 3.63) is 70.8 Å². The zero-order valence-corrected chi connectivity index (χ0v) is 21.0. The van der Waals surface area contributed by atoms with Crippen molar-refractivity contribution < 1.29 is 18.0 Å². The molecule has 1 aliphatic heterocycles. The summed E-state index contributed by atoms with van der Waals surface area (Å²) in [6, 6.07) is 5.20. The summed E-state index contributed by atoms with van der Waals surface area (Å²) >= 11 is 0. The molecule has 0 atom stereocenters. The average Bonchev–Trinajstić information content (AvgIpc) is 2.89. The van der Waals surface area contributed by atoms with Gasteiger partial charge in [0.25, 0.3) is 5.91 Å². The molecule has 2 aromatic heterocycles. The lowest BCUT2D eigenvalue weighted by Crippen LogP contribution is -2.44. The Hall–Kier alpha value is -4.54. The van der Waals surface area contributed by atoms with Gasteiger partial charge in [0.15, 0.2) is 0 Å². The topological polar surface area (TPSA) is 150 Å². The molecule has 1 fully saturated rings. The van der Waals surface area contributed by atoms with Crippen molar-refractivity contribution in [2.45, 2.75) is 12.7 Å². The van der Waals surface area contributed by atoms with Crippen LogP contribution in [0, 0.1) is 17.3 Å². The quantitative estimate of drug-likeness (QED) is 0.286. The van der Waals surface area contributed by atoms with Gasteiger partial charge in [-0.2, -0.15) is 13.2 Å². The van der Waals surface area contributed by atoms with Gasteiger partial charge in [-0.15, -0.1) is 0 Å². The maximum absolute atomic E-state index is 13.9. The Bertz CT molecular complexity index is 1430. The first-order chi connectivity index (χ1) is 18.5. The summed E-state index contributed by atoms with van der Waals surface area (Å²) in [5.41, 5.74) is 11.1. The number of nitrogens with two attached hydrogens (primary N) is 2. The monoisotopic (exact) mass is 537 g/mol. The van der Waals surface area contributed by atoms with E-state index in [2.05, 4.69) is 37.0 Å². The molecular formula is C26H26F3N9O. The second kappa shape index (κ2) is 11.5. The van der Waals surface area contributed by atoms with Crippen LogP contribution in [0.5, 0.6) is 0 Å². The predicted octanol–water partition coefficient (Wildman–Crippen LogP) is 2.47. The number of halogens is 3. The van der Waals surface area contributed by atoms with Crippen LogP contribution in [-0.2, 0) is 12.7 Å². The van der Waals surface area contributed by atoms with E-state index in [0.717, 1.165) is 19.2 Å². The Kier molecular flexibility index (Phi) is 8.08. The van der Waals surface area contributed by atoms with Crippen molar-refractivity contribution in [2.75, 3.05) is 50.0 Å². The number of nitrogens with one attached hydrogen (secondary N) is 2. The van der Waals surface area contributed by atoms with E-state index in [0.29, 0.717) is 18.7 Å². The molecule has 6 N–H and O–H groups in total. The van der Waals surface area contributed by atoms with E-state index in [-0.39, 0.29) is 46.3 Å². The molecule has 4 rings (SSSR count). The highest BCUT2D eigenvalue weighted by Gasteiger charge is 2.34. The van der Waals surface area contributed by atoms with Crippen LogP contribution in [0.2, 0.25) is 0 Å². The number of benzene rings is 1. The largest absolute Gasteiger partial charge is 0.416 e. The summed E-state index contributed by atoms with van der Waals surface area (Å²) in [4.78, 5) is 28.5. The molecule has 0 spiro atoms. The summed E-state index contributed by atoms with van der Waals surface area (Å²) in [6.07, 6.45) is -0.778. The fourth-order valence-electron chi connectivity index (χ4n) is 4.01. The molecule has 1 aliphatic rings. The number of hydrogen-bond acceptors (Lipinski definition) is 9. The molecule has 202 valence electrons. The molecule has 0 aliphatic carbocycles. The van der Waals surface area contributed by atoms with Crippen molar-refractivity contribution >= 4 is 28.9 Å². The number of alkyl halides is 3. The first-order valence-corrected chi connectivity index (χ1v) is 11.9. The molecule has 3 aromatic rings. The summed E-state index contributed by atoms with van der Waals surface area (Å²) < 4.78 is 41.6. The molecule has 1 aromatic carbocycles. The van der Waals surface area contributed by atoms with Crippen LogP contribution in [0.15, 0.2) is 43.0 Å². The Labute approximate surface area is 222 Å². The lowest BCUT2D eigenvalue weighted by molar-refractivity contribution is -0.138. The first kappa shape index (κ1) is 27.5. The van der Waals surface area contributed by atoms with E-state index in [1.807, 2.05) is 11.9 Å². The minimum atomic E-state index is -4.58. The number of amides is 1. The van der Waals surface area contributed by atoms with E-state index in [4.69, 9.17) is 16.9 Å². The smallest absolute Gasteiger partial charge is 0.383 e. The Morgan fingerprint density at radius 2 is 1.79 bits per heavy atom. The number of carbonyl (C=O) groups excluding carboxylic acids is 1. The summed E-state index contributed by atoms with van der Waals surface area (Å²) in [7, 11) is 1.98. The third-order valence-corrected chi connectivity index (χ3v) is 6.15. The van der Waals surface area contributed by atoms with Gasteiger partial charge >= 0.3 is 6.18 Å². The molecule has 0 unspecified atom stereocenters. The molecule has 10 nitrogen and oxygen atoms in total. The Morgan fingerprint density at radius 3 is 2.46 bits per heavy atom. The molecule has 0 saturated carbocycles. The number of piperazine rings is 1. The number of pyridine rings is 1. The highest BCUT2D eigenvalue weighted by atomic mass is 19.4. The summed E-state index contributed by atoms with van der Waals surface area (Å²) in [5.74, 6) is 4.60. The Morgan fingerprint density at radius 1 is 1.10 bits per heavy atom. The van der Waals surface area contributed by atoms with Crippen LogP contribution in [-0.4, -0.2) is 69.6 Å². The second-order valence-corrected chi connectivity index (χ2v) is 9.01. The average molecular weight is 538 g/mol. The molecule has 0 bridgehead atoms. The SMILES string of the molecule is CN1CCN(Cc2ccc(NC(=O)c3cncc(C#CC(=N)c4c(N)ncnc4N)c3)cc2C(F)(F)F)CC1. The van der Waals surface area contributed by atoms with Gasteiger partial charge in [0.05, 0.1) is 16.7 Å². The third kappa shape index (κ3) is 6.86. The molecule has 0 radical (unpaired) electrons. The maximum Gasteiger partial charge on any atom is 0.416 e. The number of carbonyl (C=O) groups is 1. The molecule has 13 heteroatoms. The van der Waals surface area contributed by atoms with E-state index < -0.39 is 17.6 Å². The fraction of sp³-hybridized carbons (Fsp3) is 0.269. The van der Waals surface area contributed by atoms with Crippen molar-refractivity contribution in [1.29, 1.82) is 5.41 Å². The lowest BCUT2D eigenvalue weighted by atomic mass is 10.0. The predicted molar refractivity (Wildman–Crippen MR) is 141 cm³/mol. The van der Waals surface area contributed by atoms with Gasteiger partial charge in [-0.1, -0.05) is 12.0 Å². The zero-order valence-electron chi connectivity index (χ0n) is 21.0. The van der Waals surface area contributed by atoms with E-state index in [1.165, 1.54) is 36.9 Å². The van der Waals surface area contributed by atoms with Gasteiger partial charge in [0.1, 0.15) is 23.7 Å². The van der Waals surface area contributed by atoms with Crippen LogP contribution >= 0.6 is 0 Å². The van der Waals surface area contributed by atoms with E-state index >= 15 is 0 Å². The highest BCUT2D eigenvalue weighted by molar-refractivity contribution is 6.16. The van der Waals surface area contributed by atoms with Crippen molar-refractivity contribution in [1.82, 2.24) is 24.8 Å². The fourth-order valence-corrected chi connectivity index (χ4v) is 4.01. The van der Waals surface area contributed by atoms with E-state index in [1.54, 1.807) is 0 Å². The van der Waals surface area contributed by atoms with Crippen LogP contribution < -0.4 is 16.8 Å². The number of hydrogen-bond donors (Lipinski definition) is 4. The third-order valence-electron chi connectivity index (χ3n) is 6.15. The van der Waals surface area contributed by atoms with Gasteiger partial charge in [0.2, 0.25) is 0 Å². The number of anilines is 3. The number of aromatic nitrogens is 3. The van der Waals surface area contributed by atoms with Crippen molar-refractivity contribution in [3.8, 4) is 11.8 Å². The Balaban J connectivity index is 1.50.